The number of rotatable bonds is 4. The van der Waals surface area contributed by atoms with E-state index in [2.05, 4.69) is 26.5 Å². The SMILES string of the molecule is Fc1cc(Br)ccc1NN=CC=Cc1ccccc1. The average Bonchev–Trinajstić information content (AvgIpc) is 2.42. The molecule has 96 valence electrons. The van der Waals surface area contributed by atoms with Crippen LogP contribution in [-0.2, 0) is 0 Å². The Morgan fingerprint density at radius 2 is 1.89 bits per heavy atom. The van der Waals surface area contributed by atoms with E-state index in [9.17, 15) is 4.39 Å². The van der Waals surface area contributed by atoms with Gasteiger partial charge in [0.1, 0.15) is 5.82 Å². The Morgan fingerprint density at radius 3 is 2.63 bits per heavy atom. The summed E-state index contributed by atoms with van der Waals surface area (Å²) in [4.78, 5) is 0. The van der Waals surface area contributed by atoms with Gasteiger partial charge in [0.15, 0.2) is 0 Å². The fourth-order valence-corrected chi connectivity index (χ4v) is 1.78. The average molecular weight is 319 g/mol. The molecule has 0 saturated carbocycles. The molecule has 2 aromatic carbocycles. The van der Waals surface area contributed by atoms with Crippen LogP contribution in [0.5, 0.6) is 0 Å². The molecule has 2 nitrogen and oxygen atoms in total. The fourth-order valence-electron chi connectivity index (χ4n) is 1.45. The van der Waals surface area contributed by atoms with Crippen LogP contribution < -0.4 is 5.43 Å². The van der Waals surface area contributed by atoms with Crippen molar-refractivity contribution in [3.63, 3.8) is 0 Å². The van der Waals surface area contributed by atoms with Crippen molar-refractivity contribution in [2.75, 3.05) is 5.43 Å². The van der Waals surface area contributed by atoms with Gasteiger partial charge in [-0.15, -0.1) is 0 Å². The molecule has 19 heavy (non-hydrogen) atoms. The molecule has 0 saturated heterocycles. The third-order valence-corrected chi connectivity index (χ3v) is 2.86. The lowest BCUT2D eigenvalue weighted by molar-refractivity contribution is 0.630. The van der Waals surface area contributed by atoms with Gasteiger partial charge >= 0.3 is 0 Å². The van der Waals surface area contributed by atoms with Crippen LogP contribution in [0.15, 0.2) is 64.2 Å². The van der Waals surface area contributed by atoms with Crippen LogP contribution in [0.1, 0.15) is 5.56 Å². The highest BCUT2D eigenvalue weighted by Crippen LogP contribution is 2.18. The topological polar surface area (TPSA) is 24.4 Å². The standard InChI is InChI=1S/C15H12BrFN2/c16-13-8-9-15(14(17)11-13)19-18-10-4-7-12-5-2-1-3-6-12/h1-11,19H. The van der Waals surface area contributed by atoms with Crippen molar-refractivity contribution in [2.45, 2.75) is 0 Å². The Bertz CT molecular complexity index is 594. The van der Waals surface area contributed by atoms with Gasteiger partial charge in [0, 0.05) is 10.7 Å². The number of nitrogens with zero attached hydrogens (tertiary/aromatic N) is 1. The van der Waals surface area contributed by atoms with Gasteiger partial charge in [-0.05, 0) is 29.8 Å². The first-order valence-electron chi connectivity index (χ1n) is 5.71. The van der Waals surface area contributed by atoms with E-state index in [4.69, 9.17) is 0 Å². The molecule has 0 aliphatic carbocycles. The Balaban J connectivity index is 1.92. The number of nitrogens with one attached hydrogen (secondary N) is 1. The van der Waals surface area contributed by atoms with Gasteiger partial charge in [-0.3, -0.25) is 5.43 Å². The van der Waals surface area contributed by atoms with Crippen LogP contribution in [0.3, 0.4) is 0 Å². The van der Waals surface area contributed by atoms with Crippen LogP contribution in [0, 0.1) is 5.82 Å². The molecule has 0 aliphatic heterocycles. The quantitative estimate of drug-likeness (QED) is 0.641. The van der Waals surface area contributed by atoms with Gasteiger partial charge in [0.2, 0.25) is 0 Å². The molecular formula is C15H12BrFN2. The highest BCUT2D eigenvalue weighted by atomic mass is 79.9. The number of anilines is 1. The first-order valence-corrected chi connectivity index (χ1v) is 6.51. The molecule has 0 atom stereocenters. The third-order valence-electron chi connectivity index (χ3n) is 2.36. The summed E-state index contributed by atoms with van der Waals surface area (Å²) in [5, 5.41) is 3.93. The van der Waals surface area contributed by atoms with E-state index in [0.717, 1.165) is 5.56 Å². The predicted octanol–water partition coefficient (Wildman–Crippen LogP) is 4.70. The van der Waals surface area contributed by atoms with Crippen LogP contribution in [0.25, 0.3) is 6.08 Å². The van der Waals surface area contributed by atoms with Crippen molar-refractivity contribution >= 4 is 33.9 Å². The molecule has 0 aliphatic rings. The molecule has 0 amide bonds. The van der Waals surface area contributed by atoms with Gasteiger partial charge < -0.3 is 0 Å². The molecule has 0 bridgehead atoms. The minimum Gasteiger partial charge on any atom is -0.276 e. The first kappa shape index (κ1) is 13.5. The number of hydrazone groups is 1. The highest BCUT2D eigenvalue weighted by molar-refractivity contribution is 9.10. The van der Waals surface area contributed by atoms with Crippen LogP contribution in [-0.4, -0.2) is 6.21 Å². The van der Waals surface area contributed by atoms with Crippen LogP contribution in [0.2, 0.25) is 0 Å². The van der Waals surface area contributed by atoms with Crippen molar-refractivity contribution in [3.8, 4) is 0 Å². The van der Waals surface area contributed by atoms with Crippen molar-refractivity contribution < 1.29 is 4.39 Å². The van der Waals surface area contributed by atoms with E-state index >= 15 is 0 Å². The minimum absolute atomic E-state index is 0.340. The summed E-state index contributed by atoms with van der Waals surface area (Å²) >= 11 is 3.20. The Morgan fingerprint density at radius 1 is 1.11 bits per heavy atom. The summed E-state index contributed by atoms with van der Waals surface area (Å²) in [7, 11) is 0. The molecule has 2 rings (SSSR count). The summed E-state index contributed by atoms with van der Waals surface area (Å²) < 4.78 is 14.1. The molecule has 0 radical (unpaired) electrons. The maximum atomic E-state index is 13.4. The lowest BCUT2D eigenvalue weighted by Crippen LogP contribution is -1.91. The molecule has 0 aromatic heterocycles. The van der Waals surface area contributed by atoms with E-state index in [1.165, 1.54) is 6.07 Å². The smallest absolute Gasteiger partial charge is 0.149 e. The second-order valence-electron chi connectivity index (χ2n) is 3.78. The molecule has 0 spiro atoms. The second-order valence-corrected chi connectivity index (χ2v) is 4.70. The Hall–Kier alpha value is -1.94. The minimum atomic E-state index is -0.349. The van der Waals surface area contributed by atoms with E-state index in [1.54, 1.807) is 24.4 Å². The first-order chi connectivity index (χ1) is 9.25. The molecule has 1 N–H and O–H groups in total. The summed E-state index contributed by atoms with van der Waals surface area (Å²) in [6, 6.07) is 14.6. The maximum Gasteiger partial charge on any atom is 0.149 e. The fraction of sp³-hybridized carbons (Fsp3) is 0. The third kappa shape index (κ3) is 4.34. The Labute approximate surface area is 119 Å². The number of benzene rings is 2. The highest BCUT2D eigenvalue weighted by Gasteiger charge is 1.99. The predicted molar refractivity (Wildman–Crippen MR) is 81.7 cm³/mol. The number of hydrogen-bond acceptors (Lipinski definition) is 2. The summed E-state index contributed by atoms with van der Waals surface area (Å²) in [6.45, 7) is 0. The van der Waals surface area contributed by atoms with Crippen molar-refractivity contribution in [1.29, 1.82) is 0 Å². The van der Waals surface area contributed by atoms with Gasteiger partial charge in [-0.2, -0.15) is 5.10 Å². The second kappa shape index (κ2) is 6.85. The zero-order chi connectivity index (χ0) is 13.5. The molecule has 2 aromatic rings. The summed E-state index contributed by atoms with van der Waals surface area (Å²) in [6.07, 6.45) is 5.29. The summed E-state index contributed by atoms with van der Waals surface area (Å²) in [5.41, 5.74) is 4.08. The van der Waals surface area contributed by atoms with Gasteiger partial charge in [-0.25, -0.2) is 4.39 Å². The molecule has 0 fully saturated rings. The van der Waals surface area contributed by atoms with Crippen LogP contribution in [0.4, 0.5) is 10.1 Å². The van der Waals surface area contributed by atoms with Crippen molar-refractivity contribution in [2.24, 2.45) is 5.10 Å². The summed E-state index contributed by atoms with van der Waals surface area (Å²) in [5.74, 6) is -0.349. The van der Waals surface area contributed by atoms with E-state index in [-0.39, 0.29) is 5.82 Å². The number of hydrogen-bond donors (Lipinski definition) is 1. The largest absolute Gasteiger partial charge is 0.276 e. The lowest BCUT2D eigenvalue weighted by atomic mass is 10.2. The number of allylic oxidation sites excluding steroid dienone is 1. The monoisotopic (exact) mass is 318 g/mol. The maximum absolute atomic E-state index is 13.4. The molecular weight excluding hydrogens is 307 g/mol. The van der Waals surface area contributed by atoms with E-state index < -0.39 is 0 Å². The van der Waals surface area contributed by atoms with Gasteiger partial charge in [0.25, 0.3) is 0 Å². The van der Waals surface area contributed by atoms with Crippen LogP contribution >= 0.6 is 15.9 Å². The molecule has 4 heteroatoms. The van der Waals surface area contributed by atoms with Gasteiger partial charge in [0.05, 0.1) is 5.69 Å². The lowest BCUT2D eigenvalue weighted by Gasteiger charge is -2.01. The van der Waals surface area contributed by atoms with Crippen molar-refractivity contribution in [3.05, 3.63) is 70.5 Å². The zero-order valence-electron chi connectivity index (χ0n) is 10.1. The van der Waals surface area contributed by atoms with Crippen molar-refractivity contribution in [1.82, 2.24) is 0 Å². The van der Waals surface area contributed by atoms with Gasteiger partial charge in [-0.1, -0.05) is 52.3 Å². The van der Waals surface area contributed by atoms with E-state index in [0.29, 0.717) is 10.2 Å². The molecule has 0 unspecified atom stereocenters. The number of halogens is 2. The normalized spacial score (nSPS) is 11.3. The van der Waals surface area contributed by atoms with E-state index in [1.807, 2.05) is 36.4 Å². The zero-order valence-corrected chi connectivity index (χ0v) is 11.6. The molecule has 0 heterocycles. The Kier molecular flexibility index (Phi) is 4.86.